The number of nitrogens with zero attached hydrogens (tertiary/aromatic N) is 1. The molecule has 4 heteroatoms. The number of aromatic nitrogens is 1. The number of carbonyl (C=O) groups excluding carboxylic acids is 1. The van der Waals surface area contributed by atoms with Crippen LogP contribution >= 0.6 is 0 Å². The van der Waals surface area contributed by atoms with E-state index in [1.165, 1.54) is 12.3 Å². The van der Waals surface area contributed by atoms with Crippen molar-refractivity contribution in [3.63, 3.8) is 0 Å². The molecule has 2 aromatic rings. The van der Waals surface area contributed by atoms with Crippen molar-refractivity contribution in [1.82, 2.24) is 5.16 Å². The summed E-state index contributed by atoms with van der Waals surface area (Å²) in [4.78, 5) is 11.4. The van der Waals surface area contributed by atoms with Crippen molar-refractivity contribution in [3.8, 4) is 5.88 Å². The molecule has 0 aliphatic carbocycles. The summed E-state index contributed by atoms with van der Waals surface area (Å²) in [5.74, 6) is -0.279. The molecule has 2 rings (SSSR count). The third-order valence-electron chi connectivity index (χ3n) is 1.62. The van der Waals surface area contributed by atoms with Crippen LogP contribution in [-0.2, 0) is 0 Å². The summed E-state index contributed by atoms with van der Waals surface area (Å²) in [6, 6.07) is 10.2. The van der Waals surface area contributed by atoms with Gasteiger partial charge in [0, 0.05) is 6.07 Å². The molecule has 0 fully saturated rings. The zero-order valence-electron chi connectivity index (χ0n) is 7.21. The second-order valence-corrected chi connectivity index (χ2v) is 2.59. The fraction of sp³-hybridized carbons (Fsp3) is 0. The Labute approximate surface area is 80.1 Å². The van der Waals surface area contributed by atoms with Gasteiger partial charge in [-0.15, -0.1) is 0 Å². The minimum Gasteiger partial charge on any atom is -0.400 e. The SMILES string of the molecule is O=C(Oc1ccon1)c1ccccc1. The largest absolute Gasteiger partial charge is 0.400 e. The highest BCUT2D eigenvalue weighted by molar-refractivity contribution is 5.90. The minimum absolute atomic E-state index is 0.166. The molecule has 14 heavy (non-hydrogen) atoms. The summed E-state index contributed by atoms with van der Waals surface area (Å²) in [7, 11) is 0. The van der Waals surface area contributed by atoms with E-state index in [2.05, 4.69) is 9.68 Å². The number of ether oxygens (including phenoxy) is 1. The Bertz CT molecular complexity index is 408. The van der Waals surface area contributed by atoms with Gasteiger partial charge < -0.3 is 9.26 Å². The normalized spacial score (nSPS) is 9.71. The first kappa shape index (κ1) is 8.50. The average molecular weight is 189 g/mol. The van der Waals surface area contributed by atoms with Crippen LogP contribution in [0, 0.1) is 0 Å². The summed E-state index contributed by atoms with van der Waals surface area (Å²) in [5.41, 5.74) is 0.482. The number of benzene rings is 1. The Morgan fingerprint density at radius 2 is 2.00 bits per heavy atom. The van der Waals surface area contributed by atoms with E-state index >= 15 is 0 Å². The molecule has 0 unspecified atom stereocenters. The van der Waals surface area contributed by atoms with Gasteiger partial charge in [-0.25, -0.2) is 4.79 Å². The van der Waals surface area contributed by atoms with Crippen LogP contribution in [0.15, 0.2) is 47.2 Å². The van der Waals surface area contributed by atoms with Crippen molar-refractivity contribution in [2.45, 2.75) is 0 Å². The lowest BCUT2D eigenvalue weighted by Gasteiger charge is -1.98. The number of hydrogen-bond donors (Lipinski definition) is 0. The standard InChI is InChI=1S/C10H7NO3/c12-10(8-4-2-1-3-5-8)14-9-6-7-13-11-9/h1-7H. The summed E-state index contributed by atoms with van der Waals surface area (Å²) in [5, 5.41) is 3.46. The van der Waals surface area contributed by atoms with Gasteiger partial charge in [0.25, 0.3) is 5.88 Å². The van der Waals surface area contributed by atoms with Gasteiger partial charge in [0.15, 0.2) is 0 Å². The zero-order valence-corrected chi connectivity index (χ0v) is 7.21. The lowest BCUT2D eigenvalue weighted by molar-refractivity contribution is 0.0721. The van der Waals surface area contributed by atoms with Crippen LogP contribution in [0.25, 0.3) is 0 Å². The first-order chi connectivity index (χ1) is 6.86. The van der Waals surface area contributed by atoms with E-state index < -0.39 is 5.97 Å². The van der Waals surface area contributed by atoms with Gasteiger partial charge in [0.2, 0.25) is 0 Å². The lowest BCUT2D eigenvalue weighted by Crippen LogP contribution is -2.08. The highest BCUT2D eigenvalue weighted by Crippen LogP contribution is 2.08. The van der Waals surface area contributed by atoms with Crippen molar-refractivity contribution in [3.05, 3.63) is 48.2 Å². The second kappa shape index (κ2) is 3.74. The number of rotatable bonds is 2. The maximum atomic E-state index is 11.4. The van der Waals surface area contributed by atoms with Crippen LogP contribution in [-0.4, -0.2) is 11.1 Å². The first-order valence-corrected chi connectivity index (χ1v) is 4.04. The predicted molar refractivity (Wildman–Crippen MR) is 47.9 cm³/mol. The van der Waals surface area contributed by atoms with E-state index in [-0.39, 0.29) is 5.88 Å². The summed E-state index contributed by atoms with van der Waals surface area (Å²) < 4.78 is 9.42. The first-order valence-electron chi connectivity index (χ1n) is 4.04. The molecule has 0 bridgehead atoms. The molecule has 0 aliphatic heterocycles. The maximum Gasteiger partial charge on any atom is 0.344 e. The van der Waals surface area contributed by atoms with Gasteiger partial charge in [0.1, 0.15) is 6.26 Å². The molecule has 0 aliphatic rings. The molecule has 0 amide bonds. The summed E-state index contributed by atoms with van der Waals surface area (Å²) >= 11 is 0. The van der Waals surface area contributed by atoms with E-state index in [9.17, 15) is 4.79 Å². The van der Waals surface area contributed by atoms with E-state index in [0.717, 1.165) is 0 Å². The van der Waals surface area contributed by atoms with Crippen LogP contribution in [0.2, 0.25) is 0 Å². The third-order valence-corrected chi connectivity index (χ3v) is 1.62. The summed E-state index contributed by atoms with van der Waals surface area (Å²) in [6.07, 6.45) is 1.34. The van der Waals surface area contributed by atoms with Crippen molar-refractivity contribution in [2.75, 3.05) is 0 Å². The van der Waals surface area contributed by atoms with E-state index in [1.54, 1.807) is 24.3 Å². The Hall–Kier alpha value is -2.10. The molecule has 0 saturated carbocycles. The topological polar surface area (TPSA) is 52.3 Å². The highest BCUT2D eigenvalue weighted by Gasteiger charge is 2.08. The second-order valence-electron chi connectivity index (χ2n) is 2.59. The molecule has 0 saturated heterocycles. The van der Waals surface area contributed by atoms with Gasteiger partial charge in [-0.2, -0.15) is 0 Å². The zero-order chi connectivity index (χ0) is 9.80. The van der Waals surface area contributed by atoms with Crippen molar-refractivity contribution >= 4 is 5.97 Å². The number of carbonyl (C=O) groups is 1. The maximum absolute atomic E-state index is 11.4. The van der Waals surface area contributed by atoms with Gasteiger partial charge >= 0.3 is 5.97 Å². The smallest absolute Gasteiger partial charge is 0.344 e. The highest BCUT2D eigenvalue weighted by atomic mass is 16.6. The lowest BCUT2D eigenvalue weighted by atomic mass is 10.2. The van der Waals surface area contributed by atoms with Gasteiger partial charge in [0.05, 0.1) is 5.56 Å². The number of esters is 1. The van der Waals surface area contributed by atoms with Crippen molar-refractivity contribution in [1.29, 1.82) is 0 Å². The van der Waals surface area contributed by atoms with Crippen LogP contribution in [0.1, 0.15) is 10.4 Å². The molecule has 1 aromatic heterocycles. The molecule has 0 radical (unpaired) electrons. The summed E-state index contributed by atoms with van der Waals surface area (Å²) in [6.45, 7) is 0. The van der Waals surface area contributed by atoms with E-state index in [4.69, 9.17) is 4.74 Å². The van der Waals surface area contributed by atoms with Gasteiger partial charge in [-0.1, -0.05) is 18.2 Å². The van der Waals surface area contributed by atoms with Crippen LogP contribution < -0.4 is 4.74 Å². The fourth-order valence-corrected chi connectivity index (χ4v) is 0.982. The third kappa shape index (κ3) is 1.80. The van der Waals surface area contributed by atoms with Crippen LogP contribution in [0.5, 0.6) is 5.88 Å². The molecule has 1 aromatic carbocycles. The molecular formula is C10H7NO3. The Balaban J connectivity index is 2.11. The quantitative estimate of drug-likeness (QED) is 0.677. The average Bonchev–Trinajstić information content (AvgIpc) is 2.72. The van der Waals surface area contributed by atoms with Gasteiger partial charge in [-0.3, -0.25) is 0 Å². The monoisotopic (exact) mass is 189 g/mol. The molecule has 1 heterocycles. The van der Waals surface area contributed by atoms with E-state index in [1.807, 2.05) is 6.07 Å². The predicted octanol–water partition coefficient (Wildman–Crippen LogP) is 1.89. The Kier molecular flexibility index (Phi) is 2.27. The minimum atomic E-state index is -0.445. The molecule has 0 N–H and O–H groups in total. The van der Waals surface area contributed by atoms with Crippen LogP contribution in [0.4, 0.5) is 0 Å². The van der Waals surface area contributed by atoms with Crippen LogP contribution in [0.3, 0.4) is 0 Å². The van der Waals surface area contributed by atoms with E-state index in [0.29, 0.717) is 5.56 Å². The Morgan fingerprint density at radius 1 is 1.21 bits per heavy atom. The van der Waals surface area contributed by atoms with Crippen molar-refractivity contribution < 1.29 is 14.1 Å². The molecule has 0 spiro atoms. The fourth-order valence-electron chi connectivity index (χ4n) is 0.982. The van der Waals surface area contributed by atoms with Crippen molar-refractivity contribution in [2.24, 2.45) is 0 Å². The van der Waals surface area contributed by atoms with Gasteiger partial charge in [-0.05, 0) is 17.3 Å². The molecule has 4 nitrogen and oxygen atoms in total. The Morgan fingerprint density at radius 3 is 2.64 bits per heavy atom. The molecular weight excluding hydrogens is 182 g/mol. The molecule has 0 atom stereocenters. The number of hydrogen-bond acceptors (Lipinski definition) is 4. The molecule has 70 valence electrons.